The third-order valence-corrected chi connectivity index (χ3v) is 4.80. The van der Waals surface area contributed by atoms with Crippen molar-refractivity contribution >= 4 is 26.0 Å². The number of nitrogens with zero attached hydrogens (tertiary/aromatic N) is 1. The molecule has 0 aromatic heterocycles. The maximum absolute atomic E-state index is 11.1. The molecule has 11 heavy (non-hydrogen) atoms. The summed E-state index contributed by atoms with van der Waals surface area (Å²) in [7, 11) is -2.98. The van der Waals surface area contributed by atoms with Crippen LogP contribution in [-0.2, 0) is 10.0 Å². The summed E-state index contributed by atoms with van der Waals surface area (Å²) < 4.78 is 23.8. The normalized spacial score (nSPS) is 24.6. The molecule has 1 aliphatic rings. The standard InChI is InChI=1S/C6H12BrNO2S/c1-6(2)3-8(4-6)11(9,10)5-7/h3-5H2,1-2H3. The van der Waals surface area contributed by atoms with E-state index in [-0.39, 0.29) is 10.1 Å². The average molecular weight is 242 g/mol. The predicted molar refractivity (Wildman–Crippen MR) is 48.1 cm³/mol. The van der Waals surface area contributed by atoms with Gasteiger partial charge in [0.25, 0.3) is 0 Å². The van der Waals surface area contributed by atoms with Crippen molar-refractivity contribution in [3.63, 3.8) is 0 Å². The van der Waals surface area contributed by atoms with Gasteiger partial charge in [0.1, 0.15) is 4.66 Å². The second-order valence-electron chi connectivity index (χ2n) is 3.65. The highest BCUT2D eigenvalue weighted by Gasteiger charge is 2.40. The lowest BCUT2D eigenvalue weighted by atomic mass is 9.87. The van der Waals surface area contributed by atoms with E-state index in [4.69, 9.17) is 0 Å². The summed E-state index contributed by atoms with van der Waals surface area (Å²) in [6.07, 6.45) is 0. The fourth-order valence-electron chi connectivity index (χ4n) is 1.17. The molecule has 0 amide bonds. The maximum atomic E-state index is 11.1. The molecule has 1 rings (SSSR count). The Morgan fingerprint density at radius 2 is 1.91 bits per heavy atom. The molecule has 1 saturated heterocycles. The van der Waals surface area contributed by atoms with Crippen LogP contribution in [0.1, 0.15) is 13.8 Å². The minimum absolute atomic E-state index is 0.0378. The molecule has 1 fully saturated rings. The Kier molecular flexibility index (Phi) is 2.33. The van der Waals surface area contributed by atoms with Crippen LogP contribution < -0.4 is 0 Å². The summed E-state index contributed by atoms with van der Waals surface area (Å²) in [4.78, 5) is 0. The van der Waals surface area contributed by atoms with E-state index in [1.54, 1.807) is 0 Å². The molecule has 1 aliphatic heterocycles. The van der Waals surface area contributed by atoms with E-state index < -0.39 is 10.0 Å². The molecular formula is C6H12BrNO2S. The molecule has 1 heterocycles. The van der Waals surface area contributed by atoms with E-state index in [1.165, 1.54) is 4.31 Å². The van der Waals surface area contributed by atoms with Crippen LogP contribution in [0.15, 0.2) is 0 Å². The quantitative estimate of drug-likeness (QED) is 0.678. The zero-order valence-corrected chi connectivity index (χ0v) is 9.07. The average Bonchev–Trinajstić information content (AvgIpc) is 1.83. The lowest BCUT2D eigenvalue weighted by Crippen LogP contribution is -2.55. The summed E-state index contributed by atoms with van der Waals surface area (Å²) in [6.45, 7) is 5.43. The molecule has 0 aromatic carbocycles. The van der Waals surface area contributed by atoms with Crippen molar-refractivity contribution < 1.29 is 8.42 Å². The molecule has 0 N–H and O–H groups in total. The highest BCUT2D eigenvalue weighted by Crippen LogP contribution is 2.31. The molecule has 0 bridgehead atoms. The van der Waals surface area contributed by atoms with Gasteiger partial charge in [-0.05, 0) is 5.41 Å². The lowest BCUT2D eigenvalue weighted by molar-refractivity contribution is 0.112. The van der Waals surface area contributed by atoms with Crippen molar-refractivity contribution in [1.29, 1.82) is 0 Å². The SMILES string of the molecule is CC1(C)CN(S(=O)(=O)CBr)C1. The monoisotopic (exact) mass is 241 g/mol. The number of halogens is 1. The first-order valence-electron chi connectivity index (χ1n) is 3.41. The molecule has 0 spiro atoms. The predicted octanol–water partition coefficient (Wildman–Crippen LogP) is 1.01. The Morgan fingerprint density at radius 3 is 2.18 bits per heavy atom. The van der Waals surface area contributed by atoms with Gasteiger partial charge in [0.05, 0.1) is 0 Å². The molecule has 0 aliphatic carbocycles. The van der Waals surface area contributed by atoms with Gasteiger partial charge in [-0.3, -0.25) is 0 Å². The van der Waals surface area contributed by atoms with Crippen LogP contribution >= 0.6 is 15.9 Å². The number of sulfonamides is 1. The molecule has 0 aromatic rings. The van der Waals surface area contributed by atoms with Gasteiger partial charge in [-0.1, -0.05) is 29.8 Å². The van der Waals surface area contributed by atoms with Gasteiger partial charge in [-0.25, -0.2) is 12.7 Å². The van der Waals surface area contributed by atoms with Gasteiger partial charge >= 0.3 is 0 Å². The van der Waals surface area contributed by atoms with Crippen molar-refractivity contribution in [3.8, 4) is 0 Å². The molecular weight excluding hydrogens is 230 g/mol. The van der Waals surface area contributed by atoms with Crippen LogP contribution in [0.4, 0.5) is 0 Å². The molecule has 3 nitrogen and oxygen atoms in total. The highest BCUT2D eigenvalue weighted by atomic mass is 79.9. The second kappa shape index (κ2) is 2.71. The van der Waals surface area contributed by atoms with Crippen LogP contribution in [0.25, 0.3) is 0 Å². The van der Waals surface area contributed by atoms with Crippen LogP contribution in [0.2, 0.25) is 0 Å². The fourth-order valence-corrected chi connectivity index (χ4v) is 3.27. The first-order chi connectivity index (χ1) is 4.87. The Labute approximate surface area is 75.9 Å². The van der Waals surface area contributed by atoms with E-state index in [9.17, 15) is 8.42 Å². The van der Waals surface area contributed by atoms with Crippen molar-refractivity contribution in [2.24, 2.45) is 5.41 Å². The Morgan fingerprint density at radius 1 is 1.45 bits per heavy atom. The Hall–Kier alpha value is 0.390. The van der Waals surface area contributed by atoms with E-state index in [0.29, 0.717) is 13.1 Å². The molecule has 0 saturated carbocycles. The van der Waals surface area contributed by atoms with Gasteiger partial charge in [0, 0.05) is 13.1 Å². The van der Waals surface area contributed by atoms with E-state index in [1.807, 2.05) is 0 Å². The van der Waals surface area contributed by atoms with Crippen molar-refractivity contribution in [3.05, 3.63) is 0 Å². The van der Waals surface area contributed by atoms with Gasteiger partial charge in [0.15, 0.2) is 0 Å². The van der Waals surface area contributed by atoms with E-state index in [2.05, 4.69) is 29.8 Å². The second-order valence-corrected chi connectivity index (χ2v) is 6.93. The number of rotatable bonds is 2. The topological polar surface area (TPSA) is 37.4 Å². The van der Waals surface area contributed by atoms with Crippen molar-refractivity contribution in [1.82, 2.24) is 4.31 Å². The first kappa shape index (κ1) is 9.48. The summed E-state index contributed by atoms with van der Waals surface area (Å²) >= 11 is 2.95. The van der Waals surface area contributed by atoms with Crippen molar-refractivity contribution in [2.45, 2.75) is 13.8 Å². The number of hydrogen-bond acceptors (Lipinski definition) is 2. The smallest absolute Gasteiger partial charge is 0.211 e. The van der Waals surface area contributed by atoms with E-state index in [0.717, 1.165) is 0 Å². The Bertz CT molecular complexity index is 239. The highest BCUT2D eigenvalue weighted by molar-refractivity contribution is 9.10. The number of alkyl halides is 1. The fraction of sp³-hybridized carbons (Fsp3) is 1.00. The summed E-state index contributed by atoms with van der Waals surface area (Å²) in [6, 6.07) is 0. The zero-order chi connectivity index (χ0) is 8.70. The van der Waals surface area contributed by atoms with Gasteiger partial charge in [-0.2, -0.15) is 0 Å². The zero-order valence-electron chi connectivity index (χ0n) is 6.67. The molecule has 0 radical (unpaired) electrons. The van der Waals surface area contributed by atoms with Crippen molar-refractivity contribution in [2.75, 3.05) is 17.8 Å². The third kappa shape index (κ3) is 1.95. The van der Waals surface area contributed by atoms with Crippen LogP contribution in [0.5, 0.6) is 0 Å². The maximum Gasteiger partial charge on any atom is 0.224 e. The van der Waals surface area contributed by atoms with Crippen LogP contribution in [0.3, 0.4) is 0 Å². The van der Waals surface area contributed by atoms with Crippen LogP contribution in [-0.4, -0.2) is 30.5 Å². The largest absolute Gasteiger partial charge is 0.224 e. The summed E-state index contributed by atoms with van der Waals surface area (Å²) in [5, 5.41) is 0. The Balaban J connectivity index is 2.58. The first-order valence-corrected chi connectivity index (χ1v) is 6.14. The summed E-state index contributed by atoms with van der Waals surface area (Å²) in [5.74, 6) is 0. The van der Waals surface area contributed by atoms with Gasteiger partial charge in [0.2, 0.25) is 10.0 Å². The van der Waals surface area contributed by atoms with Crippen LogP contribution in [0, 0.1) is 5.41 Å². The molecule has 66 valence electrons. The summed E-state index contributed by atoms with van der Waals surface area (Å²) in [5.41, 5.74) is 0.176. The van der Waals surface area contributed by atoms with Gasteiger partial charge in [-0.15, -0.1) is 0 Å². The third-order valence-electron chi connectivity index (χ3n) is 1.74. The number of hydrogen-bond donors (Lipinski definition) is 0. The minimum Gasteiger partial charge on any atom is -0.211 e. The van der Waals surface area contributed by atoms with E-state index >= 15 is 0 Å². The molecule has 5 heteroatoms. The molecule has 0 atom stereocenters. The lowest BCUT2D eigenvalue weighted by Gasteiger charge is -2.44. The minimum atomic E-state index is -2.98. The van der Waals surface area contributed by atoms with Gasteiger partial charge < -0.3 is 0 Å². The molecule has 0 unspecified atom stereocenters.